The fourth-order valence-electron chi connectivity index (χ4n) is 0.254. The number of rotatable bonds is 3. The summed E-state index contributed by atoms with van der Waals surface area (Å²) in [5.41, 5.74) is 0. The molecule has 0 atom stereocenters. The molecule has 0 spiro atoms. The zero-order valence-electron chi connectivity index (χ0n) is 6.85. The van der Waals surface area contributed by atoms with Crippen molar-refractivity contribution in [3.63, 3.8) is 0 Å². The lowest BCUT2D eigenvalue weighted by Gasteiger charge is -2.05. The summed E-state index contributed by atoms with van der Waals surface area (Å²) < 4.78 is 7.70. The van der Waals surface area contributed by atoms with Gasteiger partial charge >= 0.3 is 6.16 Å². The summed E-state index contributed by atoms with van der Waals surface area (Å²) >= 11 is 0. The number of carbonyl (C=O) groups is 2. The van der Waals surface area contributed by atoms with Crippen molar-refractivity contribution in [1.29, 1.82) is 5.26 Å². The molecule has 0 saturated carbocycles. The molecule has 0 aliphatic heterocycles. The number of ether oxygens (including phenoxy) is 2. The van der Waals surface area contributed by atoms with Gasteiger partial charge in [-0.15, -0.1) is 0 Å². The third-order valence-corrected chi connectivity index (χ3v) is 0.529. The van der Waals surface area contributed by atoms with E-state index >= 15 is 0 Å². The molecule has 0 bridgehead atoms. The lowest BCUT2D eigenvalue weighted by molar-refractivity contribution is -0.283. The van der Waals surface area contributed by atoms with E-state index in [1.807, 2.05) is 0 Å². The molecule has 0 fully saturated rings. The molecular formula is C6H8NO6-. The van der Waals surface area contributed by atoms with Crippen LogP contribution in [0.1, 0.15) is 6.92 Å². The molecular weight excluding hydrogens is 182 g/mol. The summed E-state index contributed by atoms with van der Waals surface area (Å²) in [6, 6.07) is 1.75. The van der Waals surface area contributed by atoms with Gasteiger partial charge in [0.25, 0.3) is 6.16 Å². The summed E-state index contributed by atoms with van der Waals surface area (Å²) in [6.45, 7) is 0.776. The topological polar surface area (TPSA) is 120 Å². The summed E-state index contributed by atoms with van der Waals surface area (Å²) in [5.74, 6) is 0. The summed E-state index contributed by atoms with van der Waals surface area (Å²) in [5, 5.41) is 24.7. The molecule has 13 heavy (non-hydrogen) atoms. The SMILES string of the molecule is CC#N.O=C([O-])OCCOC(=O)O. The van der Waals surface area contributed by atoms with Crippen molar-refractivity contribution in [2.24, 2.45) is 0 Å². The molecule has 0 rings (SSSR count). The van der Waals surface area contributed by atoms with Gasteiger partial charge in [-0.25, -0.2) is 4.79 Å². The Morgan fingerprint density at radius 2 is 1.85 bits per heavy atom. The molecule has 0 aromatic carbocycles. The Morgan fingerprint density at radius 3 is 2.15 bits per heavy atom. The number of carboxylic acid groups (broad SMARTS) is 2. The Bertz CT molecular complexity index is 180. The van der Waals surface area contributed by atoms with Gasteiger partial charge in [-0.3, -0.25) is 0 Å². The summed E-state index contributed by atoms with van der Waals surface area (Å²) in [4.78, 5) is 19.1. The Balaban J connectivity index is 0. The number of carbonyl (C=O) groups excluding carboxylic acids is 1. The summed E-state index contributed by atoms with van der Waals surface area (Å²) in [7, 11) is 0. The molecule has 0 heterocycles. The minimum Gasteiger partial charge on any atom is -0.546 e. The second-order valence-electron chi connectivity index (χ2n) is 1.44. The van der Waals surface area contributed by atoms with Gasteiger partial charge in [0, 0.05) is 6.92 Å². The molecule has 0 unspecified atom stereocenters. The quantitative estimate of drug-likeness (QED) is 0.473. The minimum atomic E-state index is -1.70. The number of nitrogens with zero attached hydrogens (tertiary/aromatic N) is 1. The van der Waals surface area contributed by atoms with Crippen LogP contribution < -0.4 is 5.11 Å². The van der Waals surface area contributed by atoms with Gasteiger partial charge < -0.3 is 24.5 Å². The van der Waals surface area contributed by atoms with Crippen LogP contribution in [0.5, 0.6) is 0 Å². The van der Waals surface area contributed by atoms with Crippen LogP contribution in [-0.2, 0) is 9.47 Å². The summed E-state index contributed by atoms with van der Waals surface area (Å²) in [6.07, 6.45) is -3.17. The zero-order chi connectivity index (χ0) is 10.7. The molecule has 0 aliphatic rings. The Labute approximate surface area is 74.1 Å². The van der Waals surface area contributed by atoms with E-state index in [0.29, 0.717) is 0 Å². The van der Waals surface area contributed by atoms with Gasteiger partial charge in [0.2, 0.25) is 0 Å². The highest BCUT2D eigenvalue weighted by Crippen LogP contribution is 1.77. The first-order valence-corrected chi connectivity index (χ1v) is 3.05. The molecule has 7 nitrogen and oxygen atoms in total. The molecule has 0 aromatic rings. The van der Waals surface area contributed by atoms with Crippen LogP contribution in [0, 0.1) is 11.3 Å². The average molecular weight is 190 g/mol. The van der Waals surface area contributed by atoms with E-state index in [9.17, 15) is 14.7 Å². The molecule has 7 heteroatoms. The predicted molar refractivity (Wildman–Crippen MR) is 36.6 cm³/mol. The molecule has 0 aromatic heterocycles. The monoisotopic (exact) mass is 190 g/mol. The first-order valence-electron chi connectivity index (χ1n) is 3.05. The largest absolute Gasteiger partial charge is 0.546 e. The maximum Gasteiger partial charge on any atom is 0.505 e. The van der Waals surface area contributed by atoms with Gasteiger partial charge in [-0.05, 0) is 0 Å². The second kappa shape index (κ2) is 10.0. The molecule has 74 valence electrons. The van der Waals surface area contributed by atoms with Crippen LogP contribution in [-0.4, -0.2) is 30.6 Å². The molecule has 0 amide bonds. The Morgan fingerprint density at radius 1 is 1.46 bits per heavy atom. The fraction of sp³-hybridized carbons (Fsp3) is 0.500. The van der Waals surface area contributed by atoms with E-state index in [0.717, 1.165) is 0 Å². The number of nitriles is 1. The minimum absolute atomic E-state index is 0.316. The first kappa shape index (κ1) is 13.6. The van der Waals surface area contributed by atoms with E-state index < -0.39 is 12.3 Å². The third kappa shape index (κ3) is 25.6. The lowest BCUT2D eigenvalue weighted by atomic mass is 10.8. The highest BCUT2D eigenvalue weighted by molar-refractivity contribution is 5.56. The van der Waals surface area contributed by atoms with Crippen molar-refractivity contribution >= 4 is 12.3 Å². The fourth-order valence-corrected chi connectivity index (χ4v) is 0.254. The first-order chi connectivity index (χ1) is 6.04. The molecule has 1 N–H and O–H groups in total. The molecule has 0 saturated heterocycles. The zero-order valence-corrected chi connectivity index (χ0v) is 6.85. The van der Waals surface area contributed by atoms with Crippen molar-refractivity contribution < 1.29 is 29.3 Å². The highest BCUT2D eigenvalue weighted by Gasteiger charge is 1.93. The van der Waals surface area contributed by atoms with E-state index in [1.54, 1.807) is 6.07 Å². The van der Waals surface area contributed by atoms with Crippen LogP contribution in [0.2, 0.25) is 0 Å². The van der Waals surface area contributed by atoms with Crippen LogP contribution in [0.3, 0.4) is 0 Å². The van der Waals surface area contributed by atoms with E-state index in [-0.39, 0.29) is 13.2 Å². The van der Waals surface area contributed by atoms with E-state index in [1.165, 1.54) is 6.92 Å². The van der Waals surface area contributed by atoms with E-state index in [4.69, 9.17) is 10.4 Å². The van der Waals surface area contributed by atoms with Crippen molar-refractivity contribution in [3.8, 4) is 6.07 Å². The van der Waals surface area contributed by atoms with Crippen molar-refractivity contribution in [3.05, 3.63) is 0 Å². The van der Waals surface area contributed by atoms with Crippen molar-refractivity contribution in [1.82, 2.24) is 0 Å². The van der Waals surface area contributed by atoms with Crippen molar-refractivity contribution in [2.75, 3.05) is 13.2 Å². The van der Waals surface area contributed by atoms with Gasteiger partial charge in [0.1, 0.15) is 6.61 Å². The maximum atomic E-state index is 9.60. The smallest absolute Gasteiger partial charge is 0.505 e. The number of hydrogen-bond donors (Lipinski definition) is 1. The second-order valence-corrected chi connectivity index (χ2v) is 1.44. The van der Waals surface area contributed by atoms with Gasteiger partial charge in [0.15, 0.2) is 0 Å². The molecule has 0 radical (unpaired) electrons. The van der Waals surface area contributed by atoms with Gasteiger partial charge in [-0.2, -0.15) is 5.26 Å². The van der Waals surface area contributed by atoms with Gasteiger partial charge in [-0.1, -0.05) is 0 Å². The van der Waals surface area contributed by atoms with Crippen LogP contribution in [0.4, 0.5) is 9.59 Å². The van der Waals surface area contributed by atoms with Gasteiger partial charge in [0.05, 0.1) is 12.7 Å². The molecule has 0 aliphatic carbocycles. The predicted octanol–water partition coefficient (Wildman–Crippen LogP) is -0.429. The van der Waals surface area contributed by atoms with E-state index in [2.05, 4.69) is 9.47 Å². The van der Waals surface area contributed by atoms with Crippen molar-refractivity contribution in [2.45, 2.75) is 6.92 Å². The highest BCUT2D eigenvalue weighted by atomic mass is 16.7. The lowest BCUT2D eigenvalue weighted by Crippen LogP contribution is -2.25. The normalized spacial score (nSPS) is 7.08. The maximum absolute atomic E-state index is 9.60. The standard InChI is InChI=1S/C4H6O6.C2H3N/c5-3(6)9-1-2-10-4(7)8;1-2-3/h1-2H2,(H,5,6)(H,7,8);1H3/p-1. The number of hydrogen-bond acceptors (Lipinski definition) is 6. The Hall–Kier alpha value is -1.97. The Kier molecular flexibility index (Phi) is 10.5. The third-order valence-electron chi connectivity index (χ3n) is 0.529. The average Bonchev–Trinajstić information content (AvgIpc) is 1.99. The van der Waals surface area contributed by atoms with Crippen LogP contribution in [0.15, 0.2) is 0 Å². The van der Waals surface area contributed by atoms with Crippen LogP contribution in [0.25, 0.3) is 0 Å². The van der Waals surface area contributed by atoms with Crippen LogP contribution >= 0.6 is 0 Å².